The number of nitriles is 2. The predicted octanol–water partition coefficient (Wildman–Crippen LogP) is 0.998. The van der Waals surface area contributed by atoms with Crippen molar-refractivity contribution in [3.8, 4) is 12.1 Å². The Morgan fingerprint density at radius 3 is 2.67 bits per heavy atom. The van der Waals surface area contributed by atoms with Crippen LogP contribution in [-0.2, 0) is 0 Å². The molecule has 1 fully saturated rings. The van der Waals surface area contributed by atoms with Crippen molar-refractivity contribution in [3.63, 3.8) is 0 Å². The van der Waals surface area contributed by atoms with Gasteiger partial charge < -0.3 is 4.90 Å². The molecule has 8 nitrogen and oxygen atoms in total. The summed E-state index contributed by atoms with van der Waals surface area (Å²) in [6, 6.07) is 8.34. The van der Waals surface area contributed by atoms with Gasteiger partial charge in [-0.2, -0.15) is 15.0 Å². The molecule has 0 bridgehead atoms. The van der Waals surface area contributed by atoms with Crippen LogP contribution in [0.4, 0.5) is 5.82 Å². The van der Waals surface area contributed by atoms with Gasteiger partial charge in [0, 0.05) is 39.1 Å². The largest absolute Gasteiger partial charge is 0.353 e. The highest BCUT2D eigenvalue weighted by Crippen LogP contribution is 2.16. The highest BCUT2D eigenvalue weighted by atomic mass is 15.4. The molecule has 3 rings (SSSR count). The summed E-state index contributed by atoms with van der Waals surface area (Å²) in [7, 11) is 0. The lowest BCUT2D eigenvalue weighted by molar-refractivity contribution is 0.232. The number of rotatable bonds is 5. The lowest BCUT2D eigenvalue weighted by atomic mass is 10.0. The van der Waals surface area contributed by atoms with Gasteiger partial charge in [-0.05, 0) is 25.5 Å². The van der Waals surface area contributed by atoms with E-state index >= 15 is 0 Å². The fraction of sp³-hybridized carbons (Fsp3) is 0.562. The molecular formula is C16H20N8. The molecule has 24 heavy (non-hydrogen) atoms. The van der Waals surface area contributed by atoms with Crippen molar-refractivity contribution in [3.05, 3.63) is 18.0 Å². The van der Waals surface area contributed by atoms with Gasteiger partial charge in [0.2, 0.25) is 0 Å². The Labute approximate surface area is 140 Å². The minimum absolute atomic E-state index is 0.0645. The van der Waals surface area contributed by atoms with Gasteiger partial charge in [0.15, 0.2) is 11.5 Å². The lowest BCUT2D eigenvalue weighted by Crippen LogP contribution is -2.48. The van der Waals surface area contributed by atoms with Crippen molar-refractivity contribution in [2.45, 2.75) is 19.8 Å². The molecule has 0 spiro atoms. The van der Waals surface area contributed by atoms with E-state index in [4.69, 9.17) is 5.26 Å². The number of piperazine rings is 1. The zero-order valence-electron chi connectivity index (χ0n) is 13.8. The van der Waals surface area contributed by atoms with Crippen molar-refractivity contribution < 1.29 is 0 Å². The van der Waals surface area contributed by atoms with Gasteiger partial charge in [0.05, 0.1) is 18.1 Å². The topological polar surface area (TPSA) is 97.1 Å². The normalized spacial score (nSPS) is 16.7. The van der Waals surface area contributed by atoms with Crippen LogP contribution in [0.15, 0.2) is 12.1 Å². The number of aromatic nitrogens is 4. The van der Waals surface area contributed by atoms with Gasteiger partial charge in [0.25, 0.3) is 0 Å². The van der Waals surface area contributed by atoms with Crippen LogP contribution in [0.25, 0.3) is 5.65 Å². The minimum atomic E-state index is -0.0645. The Kier molecular flexibility index (Phi) is 4.88. The minimum Gasteiger partial charge on any atom is -0.353 e. The first-order valence-corrected chi connectivity index (χ1v) is 8.14. The van der Waals surface area contributed by atoms with E-state index in [1.807, 2.05) is 19.1 Å². The second-order valence-electron chi connectivity index (χ2n) is 6.02. The number of aryl methyl sites for hydroxylation is 1. The molecular weight excluding hydrogens is 304 g/mol. The van der Waals surface area contributed by atoms with E-state index in [0.29, 0.717) is 12.8 Å². The van der Waals surface area contributed by atoms with E-state index in [1.165, 1.54) is 0 Å². The maximum absolute atomic E-state index is 9.20. The number of nitrogens with zero attached hydrogens (tertiary/aromatic N) is 8. The van der Waals surface area contributed by atoms with Gasteiger partial charge in [-0.3, -0.25) is 4.90 Å². The first kappa shape index (κ1) is 16.2. The molecule has 0 unspecified atom stereocenters. The summed E-state index contributed by atoms with van der Waals surface area (Å²) in [5.41, 5.74) is 0.754. The van der Waals surface area contributed by atoms with Crippen LogP contribution < -0.4 is 4.90 Å². The molecule has 1 aliphatic heterocycles. The molecule has 0 aliphatic carbocycles. The monoisotopic (exact) mass is 324 g/mol. The van der Waals surface area contributed by atoms with Crippen LogP contribution in [0, 0.1) is 35.5 Å². The molecule has 0 amide bonds. The zero-order chi connectivity index (χ0) is 16.9. The molecule has 0 N–H and O–H groups in total. The summed E-state index contributed by atoms with van der Waals surface area (Å²) in [5.74, 6) is 1.64. The molecule has 0 aromatic carbocycles. The molecule has 1 atom stereocenters. The highest BCUT2D eigenvalue weighted by Gasteiger charge is 2.21. The second-order valence-corrected chi connectivity index (χ2v) is 6.02. The number of hydrogen-bond acceptors (Lipinski definition) is 7. The Balaban J connectivity index is 1.59. The number of hydrogen-bond donors (Lipinski definition) is 0. The molecule has 1 saturated heterocycles. The maximum Gasteiger partial charge on any atom is 0.178 e. The molecule has 0 saturated carbocycles. The van der Waals surface area contributed by atoms with Crippen molar-refractivity contribution >= 4 is 11.5 Å². The van der Waals surface area contributed by atoms with E-state index in [1.54, 1.807) is 4.52 Å². The first-order chi connectivity index (χ1) is 11.7. The Morgan fingerprint density at radius 2 is 1.96 bits per heavy atom. The summed E-state index contributed by atoms with van der Waals surface area (Å²) in [6.07, 6.45) is 1.10. The molecule has 124 valence electrons. The van der Waals surface area contributed by atoms with Crippen LogP contribution in [-0.4, -0.2) is 57.4 Å². The van der Waals surface area contributed by atoms with Gasteiger partial charge in [-0.25, -0.2) is 0 Å². The Morgan fingerprint density at radius 1 is 1.17 bits per heavy atom. The number of fused-ring (bicyclic) bond motifs is 1. The van der Waals surface area contributed by atoms with E-state index in [-0.39, 0.29) is 5.92 Å². The summed E-state index contributed by atoms with van der Waals surface area (Å²) < 4.78 is 1.76. The molecule has 0 radical (unpaired) electrons. The van der Waals surface area contributed by atoms with Crippen LogP contribution in [0.5, 0.6) is 0 Å². The molecule has 1 aliphatic rings. The summed E-state index contributed by atoms with van der Waals surface area (Å²) in [5, 5.41) is 30.6. The predicted molar refractivity (Wildman–Crippen MR) is 88.1 cm³/mol. The Hall–Kier alpha value is -2.71. The fourth-order valence-electron chi connectivity index (χ4n) is 2.96. The van der Waals surface area contributed by atoms with Crippen LogP contribution in [0.2, 0.25) is 0 Å². The fourth-order valence-corrected chi connectivity index (χ4v) is 2.96. The third kappa shape index (κ3) is 3.44. The second kappa shape index (κ2) is 7.24. The average Bonchev–Trinajstić information content (AvgIpc) is 2.99. The number of anilines is 1. The van der Waals surface area contributed by atoms with Gasteiger partial charge >= 0.3 is 0 Å². The molecule has 3 heterocycles. The standard InChI is InChI=1S/C16H20N8/c1-13-19-20-15-4-5-16(21-24(13)15)23-9-7-22(8-10-23)12-14(11-18)3-2-6-17/h4-5,14H,2-3,7-10,12H2,1H3/t14-/m1/s1. The average molecular weight is 324 g/mol. The van der Waals surface area contributed by atoms with Crippen LogP contribution >= 0.6 is 0 Å². The van der Waals surface area contributed by atoms with Crippen molar-refractivity contribution in [2.75, 3.05) is 37.6 Å². The lowest BCUT2D eigenvalue weighted by Gasteiger charge is -2.36. The van der Waals surface area contributed by atoms with Crippen LogP contribution in [0.3, 0.4) is 0 Å². The molecule has 8 heteroatoms. The van der Waals surface area contributed by atoms with E-state index < -0.39 is 0 Å². The quantitative estimate of drug-likeness (QED) is 0.809. The van der Waals surface area contributed by atoms with Crippen LogP contribution in [0.1, 0.15) is 18.7 Å². The molecule has 2 aromatic rings. The summed E-state index contributed by atoms with van der Waals surface area (Å²) in [6.45, 7) is 6.16. The third-order valence-corrected chi connectivity index (χ3v) is 4.37. The maximum atomic E-state index is 9.20. The summed E-state index contributed by atoms with van der Waals surface area (Å²) >= 11 is 0. The highest BCUT2D eigenvalue weighted by molar-refractivity contribution is 5.46. The van der Waals surface area contributed by atoms with Gasteiger partial charge in [-0.15, -0.1) is 15.3 Å². The van der Waals surface area contributed by atoms with E-state index in [9.17, 15) is 5.26 Å². The van der Waals surface area contributed by atoms with E-state index in [2.05, 4.69) is 37.2 Å². The first-order valence-electron chi connectivity index (χ1n) is 8.14. The van der Waals surface area contributed by atoms with Crippen molar-refractivity contribution in [1.29, 1.82) is 10.5 Å². The molecule has 2 aromatic heterocycles. The van der Waals surface area contributed by atoms with Gasteiger partial charge in [0.1, 0.15) is 5.82 Å². The van der Waals surface area contributed by atoms with E-state index in [0.717, 1.165) is 50.0 Å². The third-order valence-electron chi connectivity index (χ3n) is 4.37. The SMILES string of the molecule is Cc1nnc2ccc(N3CCN(C[C@@H](C#N)CCC#N)CC3)nn12. The van der Waals surface area contributed by atoms with Crippen molar-refractivity contribution in [2.24, 2.45) is 5.92 Å². The summed E-state index contributed by atoms with van der Waals surface area (Å²) in [4.78, 5) is 4.54. The van der Waals surface area contributed by atoms with Gasteiger partial charge in [-0.1, -0.05) is 0 Å². The Bertz CT molecular complexity index is 775. The smallest absolute Gasteiger partial charge is 0.178 e. The zero-order valence-corrected chi connectivity index (χ0v) is 13.8. The van der Waals surface area contributed by atoms with Crippen molar-refractivity contribution in [1.82, 2.24) is 24.7 Å².